The van der Waals surface area contributed by atoms with Crippen LogP contribution in [-0.4, -0.2) is 42.0 Å². The maximum Gasteiger partial charge on any atom is 0.322 e. The van der Waals surface area contributed by atoms with Gasteiger partial charge in [-0.1, -0.05) is 0 Å². The third-order valence-corrected chi connectivity index (χ3v) is 3.48. The Morgan fingerprint density at radius 3 is 2.72 bits per heavy atom. The van der Waals surface area contributed by atoms with Crippen molar-refractivity contribution in [3.63, 3.8) is 0 Å². The summed E-state index contributed by atoms with van der Waals surface area (Å²) in [6.07, 6.45) is 0. The molecule has 18 heavy (non-hydrogen) atoms. The number of carboxylic acids is 1. The van der Waals surface area contributed by atoms with Gasteiger partial charge in [-0.05, 0) is 40.0 Å². The molecule has 0 saturated carbocycles. The van der Waals surface area contributed by atoms with E-state index in [4.69, 9.17) is 5.11 Å². The van der Waals surface area contributed by atoms with Crippen molar-refractivity contribution < 1.29 is 14.7 Å². The summed E-state index contributed by atoms with van der Waals surface area (Å²) in [6.45, 7) is 0.500. The van der Waals surface area contributed by atoms with E-state index in [1.54, 1.807) is 11.3 Å². The second-order valence-corrected chi connectivity index (χ2v) is 5.89. The van der Waals surface area contributed by atoms with Crippen LogP contribution in [0.5, 0.6) is 0 Å². The smallest absolute Gasteiger partial charge is 0.322 e. The third-order valence-electron chi connectivity index (χ3n) is 1.92. The Labute approximate surface area is 124 Å². The number of hydrogen-bond acceptors (Lipinski definition) is 4. The summed E-state index contributed by atoms with van der Waals surface area (Å²) in [6, 6.07) is 2.00. The zero-order valence-electron chi connectivity index (χ0n) is 9.68. The highest BCUT2D eigenvalue weighted by atomic mass is 79.9. The average molecular weight is 358 g/mol. The zero-order valence-corrected chi connectivity index (χ0v) is 12.9. The predicted octanol–water partition coefficient (Wildman–Crippen LogP) is 1.57. The van der Waals surface area contributed by atoms with E-state index in [1.165, 1.54) is 0 Å². The van der Waals surface area contributed by atoms with E-state index in [2.05, 4.69) is 21.2 Å². The minimum Gasteiger partial charge on any atom is -0.480 e. The van der Waals surface area contributed by atoms with Crippen molar-refractivity contribution in [1.82, 2.24) is 10.2 Å². The average Bonchev–Trinajstić information content (AvgIpc) is 2.60. The van der Waals surface area contributed by atoms with Crippen LogP contribution in [0.4, 0.5) is 0 Å². The van der Waals surface area contributed by atoms with Crippen molar-refractivity contribution in [3.05, 3.63) is 20.8 Å². The molecule has 1 aromatic heterocycles. The summed E-state index contributed by atoms with van der Waals surface area (Å²) in [5.74, 6) is -1.33. The predicted molar refractivity (Wildman–Crippen MR) is 76.2 cm³/mol. The van der Waals surface area contributed by atoms with Crippen molar-refractivity contribution in [1.29, 1.82) is 0 Å². The molecule has 0 aliphatic heterocycles. The minimum atomic E-state index is -1.04. The molecule has 1 aromatic rings. The largest absolute Gasteiger partial charge is 0.480 e. The van der Waals surface area contributed by atoms with Gasteiger partial charge in [0.15, 0.2) is 0 Å². The van der Waals surface area contributed by atoms with Gasteiger partial charge in [-0.3, -0.25) is 14.5 Å². The van der Waals surface area contributed by atoms with Gasteiger partial charge in [-0.2, -0.15) is 0 Å². The van der Waals surface area contributed by atoms with E-state index >= 15 is 0 Å². The Hall–Kier alpha value is -0.630. The van der Waals surface area contributed by atoms with Gasteiger partial charge in [0, 0.05) is 6.54 Å². The third kappa shape index (κ3) is 6.95. The fraction of sp³-hybridized carbons (Fsp3) is 0.400. The van der Waals surface area contributed by atoms with Crippen LogP contribution in [-0.2, 0) is 16.1 Å². The Morgan fingerprint density at radius 2 is 2.22 bits per heavy atom. The van der Waals surface area contributed by atoms with Gasteiger partial charge in [0.1, 0.15) is 6.54 Å². The van der Waals surface area contributed by atoms with E-state index in [9.17, 15) is 9.59 Å². The summed E-state index contributed by atoms with van der Waals surface area (Å²) in [5, 5.41) is 12.7. The number of carbonyl (C=O) groups excluding carboxylic acids is 1. The molecule has 8 heteroatoms. The molecule has 0 radical (unpaired) electrons. The Bertz CT molecular complexity index is 414. The molecule has 5 nitrogen and oxygen atoms in total. The molecule has 0 unspecified atom stereocenters. The lowest BCUT2D eigenvalue weighted by Gasteiger charge is -2.14. The van der Waals surface area contributed by atoms with Gasteiger partial charge in [0.25, 0.3) is 0 Å². The maximum atomic E-state index is 11.3. The number of aliphatic carboxylic acids is 1. The summed E-state index contributed by atoms with van der Waals surface area (Å²) < 4.78 is 1.05. The molecule has 102 valence electrons. The molecule has 2 N–H and O–H groups in total. The molecule has 0 aliphatic carbocycles. The van der Waals surface area contributed by atoms with Crippen molar-refractivity contribution in [2.24, 2.45) is 0 Å². The summed E-state index contributed by atoms with van der Waals surface area (Å²) >= 11 is 4.96. The normalized spacial score (nSPS) is 9.94. The number of likely N-dealkylation sites (N-methyl/N-ethyl adjacent to an activating group) is 1. The molecule has 1 amide bonds. The number of carbonyl (C=O) groups is 2. The molecular weight excluding hydrogens is 344 g/mol. The van der Waals surface area contributed by atoms with E-state index < -0.39 is 5.97 Å². The molecule has 0 atom stereocenters. The molecule has 0 aromatic carbocycles. The van der Waals surface area contributed by atoms with E-state index in [-0.39, 0.29) is 31.4 Å². The van der Waals surface area contributed by atoms with Crippen molar-refractivity contribution in [2.45, 2.75) is 6.54 Å². The van der Waals surface area contributed by atoms with E-state index in [0.29, 0.717) is 6.54 Å². The van der Waals surface area contributed by atoms with E-state index in [0.717, 1.165) is 9.35 Å². The number of carboxylic acid groups (broad SMARTS) is 1. The van der Waals surface area contributed by atoms with E-state index in [1.807, 2.05) is 23.4 Å². The number of hydrogen-bond donors (Lipinski definition) is 2. The fourth-order valence-corrected chi connectivity index (χ4v) is 2.47. The fourth-order valence-electron chi connectivity index (χ4n) is 1.27. The lowest BCUT2D eigenvalue weighted by atomic mass is 10.3. The van der Waals surface area contributed by atoms with Crippen LogP contribution >= 0.6 is 39.7 Å². The van der Waals surface area contributed by atoms with Gasteiger partial charge < -0.3 is 10.4 Å². The van der Waals surface area contributed by atoms with Crippen LogP contribution < -0.4 is 5.32 Å². The van der Waals surface area contributed by atoms with Gasteiger partial charge in [-0.25, -0.2) is 0 Å². The van der Waals surface area contributed by atoms with Gasteiger partial charge >= 0.3 is 5.97 Å². The molecule has 0 spiro atoms. The Morgan fingerprint density at radius 1 is 1.56 bits per heavy atom. The Balaban J connectivity index is 0.00000289. The molecule has 0 bridgehead atoms. The second-order valence-electron chi connectivity index (χ2n) is 3.60. The quantitative estimate of drug-likeness (QED) is 0.811. The van der Waals surface area contributed by atoms with Crippen LogP contribution in [0.25, 0.3) is 0 Å². The molecule has 0 fully saturated rings. The molecule has 1 rings (SSSR count). The summed E-state index contributed by atoms with van der Waals surface area (Å²) in [5.41, 5.74) is 1.12. The lowest BCUT2D eigenvalue weighted by Crippen LogP contribution is -2.37. The van der Waals surface area contributed by atoms with Crippen molar-refractivity contribution in [2.75, 3.05) is 20.1 Å². The first kappa shape index (κ1) is 17.4. The van der Waals surface area contributed by atoms with Crippen LogP contribution in [0.2, 0.25) is 0 Å². The SMILES string of the molecule is CN(CC(=O)NCC(=O)O)Cc1csc(Br)c1.Cl. The highest BCUT2D eigenvalue weighted by Gasteiger charge is 2.08. The van der Waals surface area contributed by atoms with Crippen LogP contribution in [0.15, 0.2) is 15.2 Å². The first-order chi connectivity index (χ1) is 7.97. The Kier molecular flexibility index (Phi) is 8.17. The first-order valence-electron chi connectivity index (χ1n) is 4.87. The number of nitrogens with one attached hydrogen (secondary N) is 1. The minimum absolute atomic E-state index is 0. The summed E-state index contributed by atoms with van der Waals surface area (Å²) in [4.78, 5) is 23.4. The molecule has 0 aliphatic rings. The van der Waals surface area contributed by atoms with Crippen LogP contribution in [0.1, 0.15) is 5.56 Å². The molecular formula is C10H14BrClN2O3S. The zero-order chi connectivity index (χ0) is 12.8. The number of amides is 1. The van der Waals surface area contributed by atoms with Crippen molar-refractivity contribution >= 4 is 51.6 Å². The number of halogens is 2. The molecule has 0 saturated heterocycles. The second kappa shape index (κ2) is 8.47. The van der Waals surface area contributed by atoms with Gasteiger partial charge in [-0.15, -0.1) is 23.7 Å². The maximum absolute atomic E-state index is 11.3. The van der Waals surface area contributed by atoms with Crippen LogP contribution in [0.3, 0.4) is 0 Å². The van der Waals surface area contributed by atoms with Crippen molar-refractivity contribution in [3.8, 4) is 0 Å². The highest BCUT2D eigenvalue weighted by Crippen LogP contribution is 2.21. The highest BCUT2D eigenvalue weighted by molar-refractivity contribution is 9.11. The number of thiophene rings is 1. The monoisotopic (exact) mass is 356 g/mol. The summed E-state index contributed by atoms with van der Waals surface area (Å²) in [7, 11) is 1.81. The number of rotatable bonds is 6. The first-order valence-corrected chi connectivity index (χ1v) is 6.54. The standard InChI is InChI=1S/C10H13BrN2O3S.ClH/c1-13(4-7-2-8(11)17-6-7)5-9(14)12-3-10(15)16;/h2,6H,3-5H2,1H3,(H,12,14)(H,15,16);1H. The molecule has 1 heterocycles. The van der Waals surface area contributed by atoms with Gasteiger partial charge in [0.05, 0.1) is 10.3 Å². The number of nitrogens with zero attached hydrogens (tertiary/aromatic N) is 1. The van der Waals surface area contributed by atoms with Gasteiger partial charge in [0.2, 0.25) is 5.91 Å². The lowest BCUT2D eigenvalue weighted by molar-refractivity contribution is -0.138. The van der Waals surface area contributed by atoms with Crippen LogP contribution in [0, 0.1) is 0 Å². The topological polar surface area (TPSA) is 69.6 Å².